The molecule has 1 unspecified atom stereocenters. The van der Waals surface area contributed by atoms with Gasteiger partial charge in [0.1, 0.15) is 0 Å². The normalized spacial score (nSPS) is 18.4. The minimum atomic E-state index is 0.255. The van der Waals surface area contributed by atoms with Crippen molar-refractivity contribution in [3.63, 3.8) is 0 Å². The van der Waals surface area contributed by atoms with Gasteiger partial charge in [0.15, 0.2) is 0 Å². The Morgan fingerprint density at radius 2 is 2.05 bits per heavy atom. The third kappa shape index (κ3) is 5.99. The molecule has 0 bridgehead atoms. The van der Waals surface area contributed by atoms with Gasteiger partial charge >= 0.3 is 0 Å². The van der Waals surface area contributed by atoms with Gasteiger partial charge in [0, 0.05) is 50.1 Å². The molecule has 1 atom stereocenters. The van der Waals surface area contributed by atoms with E-state index in [0.717, 1.165) is 31.1 Å². The fraction of sp³-hybridized carbons (Fsp3) is 0.588. The number of carbonyl (C=O) groups excluding carboxylic acids is 1. The average Bonchev–Trinajstić information content (AvgIpc) is 2.53. The predicted molar refractivity (Wildman–Crippen MR) is 94.1 cm³/mol. The second-order valence-electron chi connectivity index (χ2n) is 6.03. The lowest BCUT2D eigenvalue weighted by Gasteiger charge is -2.28. The zero-order chi connectivity index (χ0) is 15.8. The summed E-state index contributed by atoms with van der Waals surface area (Å²) in [6, 6.07) is 10.6. The van der Waals surface area contributed by atoms with Gasteiger partial charge in [-0.3, -0.25) is 4.79 Å². The maximum Gasteiger partial charge on any atom is 0.224 e. The third-order valence-electron chi connectivity index (χ3n) is 3.81. The van der Waals surface area contributed by atoms with Gasteiger partial charge in [-0.1, -0.05) is 30.3 Å². The van der Waals surface area contributed by atoms with Crippen molar-refractivity contribution < 1.29 is 4.79 Å². The van der Waals surface area contributed by atoms with E-state index < -0.39 is 0 Å². The molecule has 1 aliphatic heterocycles. The van der Waals surface area contributed by atoms with Gasteiger partial charge in [-0.05, 0) is 19.7 Å². The molecule has 1 fully saturated rings. The van der Waals surface area contributed by atoms with Crippen molar-refractivity contribution in [3.05, 3.63) is 35.9 Å². The number of rotatable bonds is 7. The summed E-state index contributed by atoms with van der Waals surface area (Å²) in [6.07, 6.45) is 0.604. The Morgan fingerprint density at radius 1 is 1.27 bits per heavy atom. The van der Waals surface area contributed by atoms with Crippen LogP contribution in [0.2, 0.25) is 0 Å². The van der Waals surface area contributed by atoms with E-state index >= 15 is 0 Å². The summed E-state index contributed by atoms with van der Waals surface area (Å²) in [5, 5.41) is 3.45. The Labute approximate surface area is 138 Å². The number of nitrogens with one attached hydrogen (secondary N) is 1. The number of carbonyl (C=O) groups is 1. The van der Waals surface area contributed by atoms with Crippen LogP contribution in [0.1, 0.15) is 12.0 Å². The fourth-order valence-corrected chi connectivity index (χ4v) is 3.46. The van der Waals surface area contributed by atoms with Crippen LogP contribution in [0.25, 0.3) is 0 Å². The van der Waals surface area contributed by atoms with Gasteiger partial charge in [-0.15, -0.1) is 0 Å². The second kappa shape index (κ2) is 9.18. The zero-order valence-electron chi connectivity index (χ0n) is 13.6. The van der Waals surface area contributed by atoms with Crippen LogP contribution in [0.3, 0.4) is 0 Å². The van der Waals surface area contributed by atoms with Gasteiger partial charge < -0.3 is 15.1 Å². The largest absolute Gasteiger partial charge is 0.337 e. The molecule has 1 N–H and O–H groups in total. The Morgan fingerprint density at radius 3 is 2.68 bits per heavy atom. The molecular weight excluding hydrogens is 294 g/mol. The summed E-state index contributed by atoms with van der Waals surface area (Å²) in [7, 11) is 4.09. The standard InChI is InChI=1S/C17H27N3OS/c1-19(2)9-10-20(13-15-6-4-3-5-7-15)17(21)12-16-14-22-11-8-18-16/h3-7,16,18H,8-14H2,1-2H3. The predicted octanol–water partition coefficient (Wildman–Crippen LogP) is 1.67. The molecule has 5 heteroatoms. The van der Waals surface area contributed by atoms with Gasteiger partial charge in [0.05, 0.1) is 0 Å². The Bertz CT molecular complexity index is 446. The number of hydrogen-bond donors (Lipinski definition) is 1. The molecule has 1 amide bonds. The number of amides is 1. The quantitative estimate of drug-likeness (QED) is 0.829. The molecule has 122 valence electrons. The summed E-state index contributed by atoms with van der Waals surface area (Å²) in [6.45, 7) is 3.39. The van der Waals surface area contributed by atoms with Crippen LogP contribution in [-0.4, -0.2) is 67.0 Å². The second-order valence-corrected chi connectivity index (χ2v) is 7.18. The highest BCUT2D eigenvalue weighted by molar-refractivity contribution is 7.99. The van der Waals surface area contributed by atoms with Crippen LogP contribution >= 0.6 is 11.8 Å². The molecule has 4 nitrogen and oxygen atoms in total. The van der Waals surface area contributed by atoms with E-state index in [0.29, 0.717) is 19.0 Å². The number of hydrogen-bond acceptors (Lipinski definition) is 4. The van der Waals surface area contributed by atoms with Gasteiger partial charge in [0.25, 0.3) is 0 Å². The first kappa shape index (κ1) is 17.3. The van der Waals surface area contributed by atoms with Crippen LogP contribution < -0.4 is 5.32 Å². The summed E-state index contributed by atoms with van der Waals surface area (Å²) < 4.78 is 0. The molecule has 1 aliphatic rings. The molecular formula is C17H27N3OS. The van der Waals surface area contributed by atoms with Crippen LogP contribution in [0, 0.1) is 0 Å². The maximum atomic E-state index is 12.7. The van der Waals surface area contributed by atoms with E-state index in [9.17, 15) is 4.79 Å². The molecule has 1 aromatic carbocycles. The molecule has 1 saturated heterocycles. The topological polar surface area (TPSA) is 35.6 Å². The van der Waals surface area contributed by atoms with E-state index in [1.165, 1.54) is 5.56 Å². The smallest absolute Gasteiger partial charge is 0.224 e. The molecule has 1 aromatic rings. The minimum Gasteiger partial charge on any atom is -0.337 e. The van der Waals surface area contributed by atoms with E-state index in [2.05, 4.69) is 22.3 Å². The summed E-state index contributed by atoms with van der Waals surface area (Å²) in [5.41, 5.74) is 1.19. The van der Waals surface area contributed by atoms with Gasteiger partial charge in [-0.25, -0.2) is 0 Å². The zero-order valence-corrected chi connectivity index (χ0v) is 14.4. The minimum absolute atomic E-state index is 0.255. The van der Waals surface area contributed by atoms with Crippen molar-refractivity contribution >= 4 is 17.7 Å². The van der Waals surface area contributed by atoms with Crippen molar-refractivity contribution in [3.8, 4) is 0 Å². The van der Waals surface area contributed by atoms with Crippen molar-refractivity contribution in [2.75, 3.05) is 45.2 Å². The molecule has 0 radical (unpaired) electrons. The fourth-order valence-electron chi connectivity index (χ4n) is 2.51. The highest BCUT2D eigenvalue weighted by Crippen LogP contribution is 2.13. The molecule has 0 aliphatic carbocycles. The van der Waals surface area contributed by atoms with Crippen molar-refractivity contribution in [1.82, 2.24) is 15.1 Å². The van der Waals surface area contributed by atoms with E-state index in [-0.39, 0.29) is 5.91 Å². The molecule has 2 rings (SSSR count). The number of benzene rings is 1. The van der Waals surface area contributed by atoms with E-state index in [1.54, 1.807) is 0 Å². The van der Waals surface area contributed by atoms with Crippen LogP contribution in [0.15, 0.2) is 30.3 Å². The van der Waals surface area contributed by atoms with Crippen molar-refractivity contribution in [2.24, 2.45) is 0 Å². The first-order valence-electron chi connectivity index (χ1n) is 7.92. The van der Waals surface area contributed by atoms with E-state index in [4.69, 9.17) is 0 Å². The SMILES string of the molecule is CN(C)CCN(Cc1ccccc1)C(=O)CC1CSCCN1. The Hall–Kier alpha value is -1.04. The number of nitrogens with zero attached hydrogens (tertiary/aromatic N) is 2. The van der Waals surface area contributed by atoms with E-state index in [1.807, 2.05) is 49.0 Å². The first-order chi connectivity index (χ1) is 10.6. The van der Waals surface area contributed by atoms with Crippen LogP contribution in [0.5, 0.6) is 0 Å². The average molecular weight is 321 g/mol. The molecule has 22 heavy (non-hydrogen) atoms. The highest BCUT2D eigenvalue weighted by atomic mass is 32.2. The summed E-state index contributed by atoms with van der Waals surface area (Å²) in [5.74, 6) is 2.45. The Balaban J connectivity index is 1.94. The van der Waals surface area contributed by atoms with Crippen molar-refractivity contribution in [2.45, 2.75) is 19.0 Å². The van der Waals surface area contributed by atoms with Crippen molar-refractivity contribution in [1.29, 1.82) is 0 Å². The number of thioether (sulfide) groups is 1. The molecule has 1 heterocycles. The van der Waals surface area contributed by atoms with Gasteiger partial charge in [0.2, 0.25) is 5.91 Å². The summed E-state index contributed by atoms with van der Waals surface area (Å²) in [4.78, 5) is 16.8. The third-order valence-corrected chi connectivity index (χ3v) is 4.94. The molecule has 0 aromatic heterocycles. The maximum absolute atomic E-state index is 12.7. The Kier molecular flexibility index (Phi) is 7.22. The van der Waals surface area contributed by atoms with Crippen LogP contribution in [-0.2, 0) is 11.3 Å². The lowest BCUT2D eigenvalue weighted by Crippen LogP contribution is -2.43. The lowest BCUT2D eigenvalue weighted by atomic mass is 10.1. The first-order valence-corrected chi connectivity index (χ1v) is 9.08. The highest BCUT2D eigenvalue weighted by Gasteiger charge is 2.21. The lowest BCUT2D eigenvalue weighted by molar-refractivity contribution is -0.132. The monoisotopic (exact) mass is 321 g/mol. The summed E-state index contributed by atoms with van der Waals surface area (Å²) >= 11 is 1.94. The molecule has 0 spiro atoms. The van der Waals surface area contributed by atoms with Gasteiger partial charge in [-0.2, -0.15) is 11.8 Å². The number of likely N-dealkylation sites (N-methyl/N-ethyl adjacent to an activating group) is 1. The molecule has 0 saturated carbocycles. The van der Waals surface area contributed by atoms with Crippen LogP contribution in [0.4, 0.5) is 0 Å².